The van der Waals surface area contributed by atoms with Gasteiger partial charge in [0.15, 0.2) is 0 Å². The van der Waals surface area contributed by atoms with Crippen molar-refractivity contribution in [1.82, 2.24) is 10.2 Å². The van der Waals surface area contributed by atoms with E-state index in [9.17, 15) is 14.7 Å². The van der Waals surface area contributed by atoms with Crippen molar-refractivity contribution in [2.75, 3.05) is 7.05 Å². The lowest BCUT2D eigenvalue weighted by Gasteiger charge is -2.35. The molecule has 0 saturated heterocycles. The van der Waals surface area contributed by atoms with Crippen LogP contribution in [0.1, 0.15) is 40.0 Å². The Morgan fingerprint density at radius 2 is 1.94 bits per heavy atom. The molecule has 0 heterocycles. The topological polar surface area (TPSA) is 69.6 Å². The SMILES string of the molecule is CC(=O)N[C@H]1CC[C@H](C(=O)N(C)C(C)C)C[C@@H]1O. The van der Waals surface area contributed by atoms with Gasteiger partial charge in [0.1, 0.15) is 0 Å². The maximum atomic E-state index is 12.1. The molecule has 0 spiro atoms. The molecule has 0 aromatic carbocycles. The molecule has 2 N–H and O–H groups in total. The van der Waals surface area contributed by atoms with Crippen LogP contribution < -0.4 is 5.32 Å². The molecule has 0 unspecified atom stereocenters. The Balaban J connectivity index is 2.55. The molecule has 18 heavy (non-hydrogen) atoms. The average Bonchev–Trinajstić information content (AvgIpc) is 2.29. The van der Waals surface area contributed by atoms with Crippen LogP contribution in [0.15, 0.2) is 0 Å². The summed E-state index contributed by atoms with van der Waals surface area (Å²) in [7, 11) is 1.79. The van der Waals surface area contributed by atoms with Crippen molar-refractivity contribution < 1.29 is 14.7 Å². The summed E-state index contributed by atoms with van der Waals surface area (Å²) in [6.45, 7) is 5.38. The number of amides is 2. The highest BCUT2D eigenvalue weighted by molar-refractivity contribution is 5.79. The van der Waals surface area contributed by atoms with Gasteiger partial charge in [0, 0.05) is 25.9 Å². The zero-order valence-electron chi connectivity index (χ0n) is 11.6. The van der Waals surface area contributed by atoms with E-state index in [4.69, 9.17) is 0 Å². The Labute approximate surface area is 109 Å². The number of nitrogens with one attached hydrogen (secondary N) is 1. The van der Waals surface area contributed by atoms with E-state index in [-0.39, 0.29) is 29.8 Å². The molecule has 3 atom stereocenters. The fraction of sp³-hybridized carbons (Fsp3) is 0.846. The van der Waals surface area contributed by atoms with E-state index in [1.807, 2.05) is 13.8 Å². The van der Waals surface area contributed by atoms with Crippen LogP contribution in [0.2, 0.25) is 0 Å². The first-order chi connectivity index (χ1) is 8.32. The zero-order valence-corrected chi connectivity index (χ0v) is 11.6. The van der Waals surface area contributed by atoms with Crippen molar-refractivity contribution in [2.24, 2.45) is 5.92 Å². The highest BCUT2D eigenvalue weighted by atomic mass is 16.3. The molecule has 0 bridgehead atoms. The predicted octanol–water partition coefficient (Wildman–Crippen LogP) is 0.519. The van der Waals surface area contributed by atoms with E-state index in [1.54, 1.807) is 11.9 Å². The van der Waals surface area contributed by atoms with Gasteiger partial charge in [-0.15, -0.1) is 0 Å². The first-order valence-electron chi connectivity index (χ1n) is 6.54. The first kappa shape index (κ1) is 15.0. The third-order valence-electron chi connectivity index (χ3n) is 3.68. The van der Waals surface area contributed by atoms with Crippen LogP contribution in [0.25, 0.3) is 0 Å². The molecule has 1 rings (SSSR count). The molecule has 1 fully saturated rings. The standard InChI is InChI=1S/C13H24N2O3/c1-8(2)15(4)13(18)10-5-6-11(12(17)7-10)14-9(3)16/h8,10-12,17H,5-7H2,1-4H3,(H,14,16)/t10-,11-,12-/m0/s1. The largest absolute Gasteiger partial charge is 0.391 e. The Morgan fingerprint density at radius 3 is 2.39 bits per heavy atom. The maximum Gasteiger partial charge on any atom is 0.225 e. The molecule has 0 radical (unpaired) electrons. The van der Waals surface area contributed by atoms with Crippen LogP contribution in [0.5, 0.6) is 0 Å². The second kappa shape index (κ2) is 6.18. The maximum absolute atomic E-state index is 12.1. The van der Waals surface area contributed by atoms with Gasteiger partial charge in [-0.25, -0.2) is 0 Å². The van der Waals surface area contributed by atoms with Crippen molar-refractivity contribution in [2.45, 2.75) is 58.2 Å². The zero-order chi connectivity index (χ0) is 13.9. The summed E-state index contributed by atoms with van der Waals surface area (Å²) in [5.74, 6) is -0.175. The van der Waals surface area contributed by atoms with E-state index < -0.39 is 6.10 Å². The van der Waals surface area contributed by atoms with Crippen molar-refractivity contribution in [3.05, 3.63) is 0 Å². The summed E-state index contributed by atoms with van der Waals surface area (Å²) in [5.41, 5.74) is 0. The van der Waals surface area contributed by atoms with E-state index in [2.05, 4.69) is 5.32 Å². The summed E-state index contributed by atoms with van der Waals surface area (Å²) in [6, 6.07) is -0.0429. The third-order valence-corrected chi connectivity index (χ3v) is 3.68. The number of nitrogens with zero attached hydrogens (tertiary/aromatic N) is 1. The van der Waals surface area contributed by atoms with Gasteiger partial charge in [0.2, 0.25) is 11.8 Å². The minimum atomic E-state index is -0.628. The van der Waals surface area contributed by atoms with Crippen molar-refractivity contribution in [3.63, 3.8) is 0 Å². The number of aliphatic hydroxyl groups is 1. The predicted molar refractivity (Wildman–Crippen MR) is 68.9 cm³/mol. The highest BCUT2D eigenvalue weighted by Crippen LogP contribution is 2.26. The van der Waals surface area contributed by atoms with Crippen molar-refractivity contribution in [3.8, 4) is 0 Å². The quantitative estimate of drug-likeness (QED) is 0.773. The van der Waals surface area contributed by atoms with Crippen LogP contribution in [0.4, 0.5) is 0 Å². The Bertz CT molecular complexity index is 317. The Hall–Kier alpha value is -1.10. The second-order valence-corrected chi connectivity index (χ2v) is 5.43. The lowest BCUT2D eigenvalue weighted by atomic mass is 9.83. The summed E-state index contributed by atoms with van der Waals surface area (Å²) >= 11 is 0. The van der Waals surface area contributed by atoms with Gasteiger partial charge in [-0.1, -0.05) is 0 Å². The number of rotatable bonds is 3. The molecule has 0 aromatic heterocycles. The van der Waals surface area contributed by atoms with Gasteiger partial charge in [-0.05, 0) is 33.1 Å². The van der Waals surface area contributed by atoms with Crippen LogP contribution in [0.3, 0.4) is 0 Å². The molecule has 104 valence electrons. The normalized spacial score (nSPS) is 28.0. The fourth-order valence-corrected chi connectivity index (χ4v) is 2.34. The highest BCUT2D eigenvalue weighted by Gasteiger charge is 2.34. The monoisotopic (exact) mass is 256 g/mol. The van der Waals surface area contributed by atoms with Crippen LogP contribution in [-0.4, -0.2) is 47.1 Å². The van der Waals surface area contributed by atoms with E-state index in [0.29, 0.717) is 12.8 Å². The van der Waals surface area contributed by atoms with Crippen LogP contribution in [0, 0.1) is 5.92 Å². The minimum Gasteiger partial charge on any atom is -0.391 e. The summed E-state index contributed by atoms with van der Waals surface area (Å²) in [6.07, 6.45) is 1.18. The smallest absolute Gasteiger partial charge is 0.225 e. The third kappa shape index (κ3) is 3.70. The molecular formula is C13H24N2O3. The van der Waals surface area contributed by atoms with E-state index in [1.165, 1.54) is 6.92 Å². The number of aliphatic hydroxyl groups excluding tert-OH is 1. The van der Waals surface area contributed by atoms with Crippen molar-refractivity contribution in [1.29, 1.82) is 0 Å². The van der Waals surface area contributed by atoms with Gasteiger partial charge in [0.05, 0.1) is 12.1 Å². The molecule has 1 aliphatic rings. The molecule has 1 aliphatic carbocycles. The summed E-state index contributed by atoms with van der Waals surface area (Å²) in [5, 5.41) is 12.7. The number of carbonyl (C=O) groups excluding carboxylic acids is 2. The van der Waals surface area contributed by atoms with E-state index in [0.717, 1.165) is 6.42 Å². The van der Waals surface area contributed by atoms with Gasteiger partial charge in [-0.2, -0.15) is 0 Å². The molecule has 1 saturated carbocycles. The molecule has 2 amide bonds. The number of hydrogen-bond donors (Lipinski definition) is 2. The average molecular weight is 256 g/mol. The molecular weight excluding hydrogens is 232 g/mol. The Kier molecular flexibility index (Phi) is 5.14. The lowest BCUT2D eigenvalue weighted by molar-refractivity contribution is -0.138. The molecule has 5 heteroatoms. The Morgan fingerprint density at radius 1 is 1.33 bits per heavy atom. The second-order valence-electron chi connectivity index (χ2n) is 5.43. The molecule has 0 aromatic rings. The van der Waals surface area contributed by atoms with Gasteiger partial charge >= 0.3 is 0 Å². The molecule has 5 nitrogen and oxygen atoms in total. The summed E-state index contributed by atoms with van der Waals surface area (Å²) < 4.78 is 0. The molecule has 0 aliphatic heterocycles. The van der Waals surface area contributed by atoms with Crippen molar-refractivity contribution >= 4 is 11.8 Å². The van der Waals surface area contributed by atoms with E-state index >= 15 is 0 Å². The fourth-order valence-electron chi connectivity index (χ4n) is 2.34. The minimum absolute atomic E-state index is 0.0883. The number of carbonyl (C=O) groups is 2. The summed E-state index contributed by atoms with van der Waals surface area (Å²) in [4.78, 5) is 24.8. The van der Waals surface area contributed by atoms with Gasteiger partial charge < -0.3 is 15.3 Å². The first-order valence-corrected chi connectivity index (χ1v) is 6.54. The van der Waals surface area contributed by atoms with Crippen LogP contribution >= 0.6 is 0 Å². The number of hydrogen-bond acceptors (Lipinski definition) is 3. The van der Waals surface area contributed by atoms with Gasteiger partial charge in [0.25, 0.3) is 0 Å². The lowest BCUT2D eigenvalue weighted by Crippen LogP contribution is -2.49. The van der Waals surface area contributed by atoms with Gasteiger partial charge in [-0.3, -0.25) is 9.59 Å². The van der Waals surface area contributed by atoms with Crippen LogP contribution in [-0.2, 0) is 9.59 Å².